The van der Waals surface area contributed by atoms with E-state index in [0.29, 0.717) is 18.4 Å². The number of nitrogens with zero attached hydrogens (tertiary/aromatic N) is 1. The molecule has 7 heteroatoms. The second kappa shape index (κ2) is 8.85. The standard InChI is InChI=1S/C30H27NO6/c32-26-24-16-23-17-25(30(24,35)22-14-8-3-9-15-22)31(28(34)37-19-21-12-6-2-7-13-21)29(23,26)27(33)36-18-20-10-4-1-5-11-20/h1-15,23-25,35H,16-19H2/t23?,24?,25?,29?,30-/m0/s1. The summed E-state index contributed by atoms with van der Waals surface area (Å²) >= 11 is 0. The van der Waals surface area contributed by atoms with E-state index in [0.717, 1.165) is 11.1 Å². The van der Waals surface area contributed by atoms with Gasteiger partial charge < -0.3 is 14.6 Å². The zero-order chi connectivity index (χ0) is 25.6. The number of ketones is 1. The SMILES string of the molecule is O=C(OCc1ccccc1)N1C2CC3CC(C(=O)C31C(=O)OCc1ccccc1)[C@@]2(O)c1ccccc1. The quantitative estimate of drug-likeness (QED) is 0.409. The maximum absolute atomic E-state index is 14.1. The predicted molar refractivity (Wildman–Crippen MR) is 133 cm³/mol. The van der Waals surface area contributed by atoms with Crippen LogP contribution in [0.25, 0.3) is 0 Å². The Bertz CT molecular complexity index is 1330. The molecule has 0 radical (unpaired) electrons. The van der Waals surface area contributed by atoms with Gasteiger partial charge in [-0.1, -0.05) is 91.0 Å². The third-order valence-electron chi connectivity index (χ3n) is 8.20. The maximum Gasteiger partial charge on any atom is 0.411 e. The molecule has 3 aromatic rings. The summed E-state index contributed by atoms with van der Waals surface area (Å²) in [5, 5.41) is 12.1. The number of carbonyl (C=O) groups is 3. The van der Waals surface area contributed by atoms with Crippen LogP contribution < -0.4 is 0 Å². The van der Waals surface area contributed by atoms with Crippen molar-refractivity contribution < 1.29 is 29.0 Å². The van der Waals surface area contributed by atoms with Gasteiger partial charge in [0.25, 0.3) is 0 Å². The molecule has 7 rings (SSSR count). The molecule has 37 heavy (non-hydrogen) atoms. The third-order valence-corrected chi connectivity index (χ3v) is 8.20. The Morgan fingerprint density at radius 3 is 1.95 bits per heavy atom. The Balaban J connectivity index is 1.37. The van der Waals surface area contributed by atoms with Gasteiger partial charge >= 0.3 is 12.1 Å². The molecule has 1 amide bonds. The van der Waals surface area contributed by atoms with Crippen LogP contribution >= 0.6 is 0 Å². The van der Waals surface area contributed by atoms with Crippen molar-refractivity contribution in [3.63, 3.8) is 0 Å². The molecule has 4 aliphatic rings. The van der Waals surface area contributed by atoms with Gasteiger partial charge in [-0.05, 0) is 29.5 Å². The first-order valence-electron chi connectivity index (χ1n) is 12.5. The first kappa shape index (κ1) is 23.4. The van der Waals surface area contributed by atoms with Crippen molar-refractivity contribution in [2.45, 2.75) is 43.2 Å². The fourth-order valence-corrected chi connectivity index (χ4v) is 6.58. The van der Waals surface area contributed by atoms with Crippen molar-refractivity contribution in [3.05, 3.63) is 108 Å². The Labute approximate surface area is 214 Å². The van der Waals surface area contributed by atoms with Gasteiger partial charge in [0.15, 0.2) is 5.78 Å². The van der Waals surface area contributed by atoms with E-state index in [1.54, 1.807) is 24.3 Å². The van der Waals surface area contributed by atoms with Gasteiger partial charge in [-0.3, -0.25) is 9.69 Å². The molecule has 3 aromatic carbocycles. The van der Waals surface area contributed by atoms with Crippen LogP contribution in [0, 0.1) is 11.8 Å². The number of esters is 1. The highest BCUT2D eigenvalue weighted by molar-refractivity contribution is 6.15. The van der Waals surface area contributed by atoms with E-state index >= 15 is 0 Å². The number of Topliss-reactive ketones (excluding diaryl/α,β-unsaturated/α-hetero) is 1. The van der Waals surface area contributed by atoms with Crippen LogP contribution in [-0.2, 0) is 37.9 Å². The number of benzene rings is 3. The maximum atomic E-state index is 14.1. The Morgan fingerprint density at radius 1 is 0.811 bits per heavy atom. The average molecular weight is 498 g/mol. The van der Waals surface area contributed by atoms with E-state index < -0.39 is 46.9 Å². The van der Waals surface area contributed by atoms with E-state index in [9.17, 15) is 19.5 Å². The number of piperidine rings is 1. The molecule has 0 aromatic heterocycles. The highest BCUT2D eigenvalue weighted by Gasteiger charge is 2.81. The number of carbonyl (C=O) groups excluding carboxylic acids is 3. The Kier molecular flexibility index (Phi) is 5.60. The normalized spacial score (nSPS) is 29.4. The van der Waals surface area contributed by atoms with Crippen molar-refractivity contribution >= 4 is 17.8 Å². The molecule has 2 heterocycles. The highest BCUT2D eigenvalue weighted by atomic mass is 16.6. The minimum Gasteiger partial charge on any atom is -0.459 e. The Hall–Kier alpha value is -3.97. The fourth-order valence-electron chi connectivity index (χ4n) is 6.58. The van der Waals surface area contributed by atoms with Crippen LogP contribution in [0.1, 0.15) is 29.5 Å². The van der Waals surface area contributed by atoms with Crippen LogP contribution in [0.15, 0.2) is 91.0 Å². The van der Waals surface area contributed by atoms with Crippen molar-refractivity contribution in [1.82, 2.24) is 4.90 Å². The van der Waals surface area contributed by atoms with Crippen molar-refractivity contribution in [2.75, 3.05) is 0 Å². The molecular formula is C30H27NO6. The molecule has 2 saturated heterocycles. The summed E-state index contributed by atoms with van der Waals surface area (Å²) in [6.45, 7) is -0.0449. The third kappa shape index (κ3) is 3.41. The predicted octanol–water partition coefficient (Wildman–Crippen LogP) is 3.99. The lowest BCUT2D eigenvalue weighted by Gasteiger charge is -2.50. The van der Waals surface area contributed by atoms with E-state index in [4.69, 9.17) is 9.47 Å². The van der Waals surface area contributed by atoms with Gasteiger partial charge in [-0.25, -0.2) is 9.59 Å². The van der Waals surface area contributed by atoms with Gasteiger partial charge in [0.05, 0.1) is 12.0 Å². The van der Waals surface area contributed by atoms with Gasteiger partial charge in [-0.15, -0.1) is 0 Å². The van der Waals surface area contributed by atoms with Crippen LogP contribution in [0.2, 0.25) is 0 Å². The minimum atomic E-state index is -1.81. The van der Waals surface area contributed by atoms with E-state index in [2.05, 4.69) is 0 Å². The summed E-state index contributed by atoms with van der Waals surface area (Å²) in [7, 11) is 0. The molecule has 2 aliphatic heterocycles. The van der Waals surface area contributed by atoms with Crippen LogP contribution in [0.5, 0.6) is 0 Å². The number of hydrogen-bond acceptors (Lipinski definition) is 6. The molecule has 0 spiro atoms. The topological polar surface area (TPSA) is 93.1 Å². The molecule has 4 fully saturated rings. The van der Waals surface area contributed by atoms with Gasteiger partial charge in [0.2, 0.25) is 5.54 Å². The summed E-state index contributed by atoms with van der Waals surface area (Å²) in [6, 6.07) is 26.5. The summed E-state index contributed by atoms with van der Waals surface area (Å²) in [6.07, 6.45) is -0.214. The second-order valence-electron chi connectivity index (χ2n) is 10.0. The number of ether oxygens (including phenoxy) is 2. The molecule has 2 aliphatic carbocycles. The lowest BCUT2D eigenvalue weighted by atomic mass is 9.68. The van der Waals surface area contributed by atoms with Gasteiger partial charge in [-0.2, -0.15) is 0 Å². The zero-order valence-corrected chi connectivity index (χ0v) is 20.2. The molecule has 188 valence electrons. The van der Waals surface area contributed by atoms with Crippen LogP contribution in [0.4, 0.5) is 4.79 Å². The average Bonchev–Trinajstić information content (AvgIpc) is 3.38. The number of amides is 1. The summed E-state index contributed by atoms with van der Waals surface area (Å²) in [5.74, 6) is -2.51. The van der Waals surface area contributed by atoms with Gasteiger partial charge in [0.1, 0.15) is 18.8 Å². The highest BCUT2D eigenvalue weighted by Crippen LogP contribution is 2.64. The van der Waals surface area contributed by atoms with Crippen molar-refractivity contribution in [2.24, 2.45) is 11.8 Å². The lowest BCUT2D eigenvalue weighted by Crippen LogP contribution is -2.70. The van der Waals surface area contributed by atoms with E-state index in [1.807, 2.05) is 66.7 Å². The first-order valence-corrected chi connectivity index (χ1v) is 12.5. The van der Waals surface area contributed by atoms with E-state index in [-0.39, 0.29) is 13.2 Å². The Morgan fingerprint density at radius 2 is 1.35 bits per heavy atom. The molecule has 1 N–H and O–H groups in total. The van der Waals surface area contributed by atoms with Crippen molar-refractivity contribution in [1.29, 1.82) is 0 Å². The molecule has 4 unspecified atom stereocenters. The van der Waals surface area contributed by atoms with E-state index in [1.165, 1.54) is 4.90 Å². The van der Waals surface area contributed by atoms with Gasteiger partial charge in [0, 0.05) is 5.92 Å². The number of aliphatic hydroxyl groups is 1. The smallest absolute Gasteiger partial charge is 0.411 e. The number of hydrogen-bond donors (Lipinski definition) is 1. The van der Waals surface area contributed by atoms with Crippen LogP contribution in [0.3, 0.4) is 0 Å². The number of rotatable bonds is 6. The van der Waals surface area contributed by atoms with Crippen molar-refractivity contribution in [3.8, 4) is 0 Å². The summed E-state index contributed by atoms with van der Waals surface area (Å²) in [5.41, 5.74) is -1.34. The molecular weight excluding hydrogens is 470 g/mol. The first-order chi connectivity index (χ1) is 18.0. The molecule has 5 atom stereocenters. The summed E-state index contributed by atoms with van der Waals surface area (Å²) in [4.78, 5) is 42.7. The fraction of sp³-hybridized carbons (Fsp3) is 0.300. The summed E-state index contributed by atoms with van der Waals surface area (Å²) < 4.78 is 11.3. The molecule has 7 nitrogen and oxygen atoms in total. The molecule has 2 saturated carbocycles. The lowest BCUT2D eigenvalue weighted by molar-refractivity contribution is -0.177. The van der Waals surface area contributed by atoms with Crippen LogP contribution in [-0.4, -0.2) is 39.4 Å². The molecule has 4 bridgehead atoms. The monoisotopic (exact) mass is 497 g/mol. The largest absolute Gasteiger partial charge is 0.459 e. The second-order valence-corrected chi connectivity index (χ2v) is 10.0. The minimum absolute atomic E-state index is 0.0212. The zero-order valence-electron chi connectivity index (χ0n) is 20.2.